The smallest absolute Gasteiger partial charge is 0.0244 e. The molecule has 0 rings (SSSR count). The second-order valence-electron chi connectivity index (χ2n) is 2.81. The number of rotatable bonds is 8. The van der Waals surface area contributed by atoms with E-state index in [1.165, 1.54) is 0 Å². The zero-order chi connectivity index (χ0) is 9.23. The first-order chi connectivity index (χ1) is 5.77. The van der Waals surface area contributed by atoms with Gasteiger partial charge in [0.1, 0.15) is 0 Å². The molecule has 0 amide bonds. The minimum Gasteiger partial charge on any atom is -0.317 e. The largest absolute Gasteiger partial charge is 0.317 e. The lowest BCUT2D eigenvalue weighted by Gasteiger charge is -2.01. The molecule has 1 atom stereocenters. The fraction of sp³-hybridized carbons (Fsp3) is 0.778. The number of nitrogens with one attached hydrogen (secondary N) is 1. The molecule has 0 aromatic heterocycles. The molecule has 0 radical (unpaired) electrons. The van der Waals surface area contributed by atoms with Gasteiger partial charge >= 0.3 is 0 Å². The Labute approximate surface area is 77.9 Å². The van der Waals surface area contributed by atoms with Gasteiger partial charge in [0.25, 0.3) is 0 Å². The molecule has 0 heterocycles. The summed E-state index contributed by atoms with van der Waals surface area (Å²) >= 11 is 0. The van der Waals surface area contributed by atoms with E-state index < -0.39 is 10.8 Å². The lowest BCUT2D eigenvalue weighted by Crippen LogP contribution is -2.18. The molecular weight excluding hydrogens is 170 g/mol. The molecule has 1 unspecified atom stereocenters. The molecule has 0 saturated carbocycles. The molecule has 0 spiro atoms. The second kappa shape index (κ2) is 8.94. The third-order valence-corrected chi connectivity index (χ3v) is 2.41. The molecule has 0 bridgehead atoms. The first-order valence-electron chi connectivity index (χ1n) is 4.39. The third kappa shape index (κ3) is 9.85. The lowest BCUT2D eigenvalue weighted by molar-refractivity contribution is 0.641. The van der Waals surface area contributed by atoms with Gasteiger partial charge in [-0.3, -0.25) is 4.21 Å². The maximum absolute atomic E-state index is 10.6. The van der Waals surface area contributed by atoms with Gasteiger partial charge in [0.2, 0.25) is 0 Å². The Morgan fingerprint density at radius 2 is 2.08 bits per heavy atom. The zero-order valence-electron chi connectivity index (χ0n) is 7.84. The van der Waals surface area contributed by atoms with E-state index in [0.717, 1.165) is 38.1 Å². The average molecular weight is 189 g/mol. The fourth-order valence-electron chi connectivity index (χ4n) is 0.897. The van der Waals surface area contributed by atoms with E-state index in [1.807, 2.05) is 6.08 Å². The Morgan fingerprint density at radius 1 is 1.42 bits per heavy atom. The van der Waals surface area contributed by atoms with Crippen molar-refractivity contribution in [3.8, 4) is 0 Å². The number of hydrogen-bond donors (Lipinski definition) is 1. The Morgan fingerprint density at radius 3 is 2.67 bits per heavy atom. The molecular formula is C9H19NOS. The SMILES string of the molecule is C=CCCCNCCCS(C)=O. The number of unbranched alkanes of at least 4 members (excludes halogenated alkanes) is 1. The molecule has 2 nitrogen and oxygen atoms in total. The summed E-state index contributed by atoms with van der Waals surface area (Å²) in [5, 5.41) is 3.29. The normalized spacial score (nSPS) is 12.8. The van der Waals surface area contributed by atoms with Gasteiger partial charge in [0, 0.05) is 22.8 Å². The minimum atomic E-state index is -0.631. The molecule has 12 heavy (non-hydrogen) atoms. The van der Waals surface area contributed by atoms with E-state index in [1.54, 1.807) is 6.26 Å². The molecule has 3 heteroatoms. The van der Waals surface area contributed by atoms with Crippen LogP contribution in [0, 0.1) is 0 Å². The van der Waals surface area contributed by atoms with E-state index in [4.69, 9.17) is 0 Å². The van der Waals surface area contributed by atoms with Crippen LogP contribution in [0.15, 0.2) is 12.7 Å². The highest BCUT2D eigenvalue weighted by Gasteiger charge is 1.90. The summed E-state index contributed by atoms with van der Waals surface area (Å²) in [6, 6.07) is 0. The Hall–Kier alpha value is -0.150. The van der Waals surface area contributed by atoms with Gasteiger partial charge in [-0.25, -0.2) is 0 Å². The highest BCUT2D eigenvalue weighted by molar-refractivity contribution is 7.84. The van der Waals surface area contributed by atoms with E-state index >= 15 is 0 Å². The van der Waals surface area contributed by atoms with Gasteiger partial charge in [0.05, 0.1) is 0 Å². The van der Waals surface area contributed by atoms with Gasteiger partial charge < -0.3 is 5.32 Å². The van der Waals surface area contributed by atoms with Gasteiger partial charge in [-0.15, -0.1) is 6.58 Å². The Balaban J connectivity index is 2.90. The summed E-state index contributed by atoms with van der Waals surface area (Å²) in [5.41, 5.74) is 0. The highest BCUT2D eigenvalue weighted by Crippen LogP contribution is 1.87. The van der Waals surface area contributed by atoms with Crippen LogP contribution < -0.4 is 5.32 Å². The lowest BCUT2D eigenvalue weighted by atomic mass is 10.3. The van der Waals surface area contributed by atoms with E-state index in [-0.39, 0.29) is 0 Å². The second-order valence-corrected chi connectivity index (χ2v) is 4.37. The summed E-state index contributed by atoms with van der Waals surface area (Å²) in [7, 11) is -0.631. The van der Waals surface area contributed by atoms with Crippen LogP contribution in [0.4, 0.5) is 0 Å². The van der Waals surface area contributed by atoms with Gasteiger partial charge in [-0.05, 0) is 32.4 Å². The Bertz CT molecular complexity index is 136. The molecule has 0 aromatic carbocycles. The number of hydrogen-bond acceptors (Lipinski definition) is 2. The van der Waals surface area contributed by atoms with Crippen LogP contribution in [0.25, 0.3) is 0 Å². The first kappa shape index (κ1) is 11.8. The maximum Gasteiger partial charge on any atom is 0.0244 e. The molecule has 72 valence electrons. The molecule has 0 aliphatic carbocycles. The predicted molar refractivity (Wildman–Crippen MR) is 55.9 cm³/mol. The molecule has 0 aromatic rings. The monoisotopic (exact) mass is 189 g/mol. The van der Waals surface area contributed by atoms with Crippen LogP contribution in [-0.2, 0) is 10.8 Å². The summed E-state index contributed by atoms with van der Waals surface area (Å²) in [6.07, 6.45) is 6.92. The minimum absolute atomic E-state index is 0.631. The van der Waals surface area contributed by atoms with Crippen LogP contribution in [-0.4, -0.2) is 29.3 Å². The summed E-state index contributed by atoms with van der Waals surface area (Å²) in [5.74, 6) is 0.814. The van der Waals surface area contributed by atoms with Crippen molar-refractivity contribution in [3.63, 3.8) is 0 Å². The molecule has 1 N–H and O–H groups in total. The van der Waals surface area contributed by atoms with Gasteiger partial charge in [-0.1, -0.05) is 6.08 Å². The van der Waals surface area contributed by atoms with Crippen molar-refractivity contribution in [1.82, 2.24) is 5.32 Å². The third-order valence-electron chi connectivity index (χ3n) is 1.55. The van der Waals surface area contributed by atoms with Gasteiger partial charge in [0.15, 0.2) is 0 Å². The first-order valence-corrected chi connectivity index (χ1v) is 6.11. The van der Waals surface area contributed by atoms with Crippen molar-refractivity contribution in [3.05, 3.63) is 12.7 Å². The van der Waals surface area contributed by atoms with Crippen molar-refractivity contribution in [2.75, 3.05) is 25.1 Å². The summed E-state index contributed by atoms with van der Waals surface area (Å²) in [4.78, 5) is 0. The standard InChI is InChI=1S/C9H19NOS/c1-3-4-5-7-10-8-6-9-12(2)11/h3,10H,1,4-9H2,2H3. The van der Waals surface area contributed by atoms with Crippen LogP contribution >= 0.6 is 0 Å². The van der Waals surface area contributed by atoms with Crippen LogP contribution in [0.3, 0.4) is 0 Å². The quantitative estimate of drug-likeness (QED) is 0.461. The van der Waals surface area contributed by atoms with E-state index in [2.05, 4.69) is 11.9 Å². The summed E-state index contributed by atoms with van der Waals surface area (Å²) < 4.78 is 10.6. The van der Waals surface area contributed by atoms with Crippen molar-refractivity contribution in [2.45, 2.75) is 19.3 Å². The van der Waals surface area contributed by atoms with Crippen molar-refractivity contribution in [2.24, 2.45) is 0 Å². The van der Waals surface area contributed by atoms with E-state index in [9.17, 15) is 4.21 Å². The van der Waals surface area contributed by atoms with Crippen LogP contribution in [0.5, 0.6) is 0 Å². The van der Waals surface area contributed by atoms with Gasteiger partial charge in [-0.2, -0.15) is 0 Å². The maximum atomic E-state index is 10.6. The van der Waals surface area contributed by atoms with Crippen molar-refractivity contribution in [1.29, 1.82) is 0 Å². The predicted octanol–water partition coefficient (Wildman–Crippen LogP) is 1.31. The van der Waals surface area contributed by atoms with E-state index in [0.29, 0.717) is 0 Å². The molecule has 0 saturated heterocycles. The molecule has 0 fully saturated rings. The van der Waals surface area contributed by atoms with Crippen LogP contribution in [0.1, 0.15) is 19.3 Å². The Kier molecular flexibility index (Phi) is 8.83. The van der Waals surface area contributed by atoms with Crippen LogP contribution in [0.2, 0.25) is 0 Å². The highest BCUT2D eigenvalue weighted by atomic mass is 32.2. The zero-order valence-corrected chi connectivity index (χ0v) is 8.66. The average Bonchev–Trinajstić information content (AvgIpc) is 2.02. The topological polar surface area (TPSA) is 29.1 Å². The van der Waals surface area contributed by atoms with Crippen molar-refractivity contribution >= 4 is 10.8 Å². The fourth-order valence-corrected chi connectivity index (χ4v) is 1.45. The number of allylic oxidation sites excluding steroid dienone is 1. The molecule has 0 aliphatic heterocycles. The summed E-state index contributed by atoms with van der Waals surface area (Å²) in [6.45, 7) is 5.68. The van der Waals surface area contributed by atoms with Crippen molar-refractivity contribution < 1.29 is 4.21 Å². The molecule has 0 aliphatic rings.